The van der Waals surface area contributed by atoms with Crippen LogP contribution in [0, 0.1) is 0 Å². The van der Waals surface area contributed by atoms with E-state index in [0.717, 1.165) is 11.3 Å². The lowest BCUT2D eigenvalue weighted by atomic mass is 10.1. The predicted octanol–water partition coefficient (Wildman–Crippen LogP) is 2.64. The Balaban J connectivity index is 1.86. The lowest BCUT2D eigenvalue weighted by Gasteiger charge is -2.06. The number of benzene rings is 1. The molecule has 2 aromatic rings. The SMILES string of the molecule is Oc1ccc(C2=CC(c3cccs3)NN2)cc1. The molecule has 3 nitrogen and oxygen atoms in total. The van der Waals surface area contributed by atoms with Gasteiger partial charge in [0.1, 0.15) is 5.75 Å². The summed E-state index contributed by atoms with van der Waals surface area (Å²) in [6, 6.07) is 11.6. The monoisotopic (exact) mass is 244 g/mol. The van der Waals surface area contributed by atoms with Gasteiger partial charge in [-0.25, -0.2) is 5.43 Å². The van der Waals surface area contributed by atoms with Crippen molar-refractivity contribution >= 4 is 17.0 Å². The standard InChI is InChI=1S/C13H12N2OS/c16-10-5-3-9(4-6-10)11-8-12(15-14-11)13-2-1-7-17-13/h1-8,12,14-16H. The highest BCUT2D eigenvalue weighted by molar-refractivity contribution is 7.10. The van der Waals surface area contributed by atoms with Crippen LogP contribution in [0.15, 0.2) is 47.9 Å². The second-order valence-electron chi connectivity index (χ2n) is 3.89. The minimum Gasteiger partial charge on any atom is -0.508 e. The minimum absolute atomic E-state index is 0.221. The summed E-state index contributed by atoms with van der Waals surface area (Å²) >= 11 is 1.73. The number of hydrazine groups is 1. The Morgan fingerprint density at radius 1 is 1.12 bits per heavy atom. The van der Waals surface area contributed by atoms with Crippen molar-refractivity contribution in [1.82, 2.24) is 10.9 Å². The summed E-state index contributed by atoms with van der Waals surface area (Å²) in [5, 5.41) is 11.3. The Morgan fingerprint density at radius 3 is 2.65 bits per heavy atom. The molecule has 17 heavy (non-hydrogen) atoms. The maximum atomic E-state index is 9.25. The van der Waals surface area contributed by atoms with Gasteiger partial charge in [-0.2, -0.15) is 0 Å². The number of aromatic hydroxyl groups is 1. The zero-order chi connectivity index (χ0) is 11.7. The Bertz CT molecular complexity index is 531. The van der Waals surface area contributed by atoms with Crippen molar-refractivity contribution in [3.8, 4) is 5.75 Å². The predicted molar refractivity (Wildman–Crippen MR) is 69.4 cm³/mol. The summed E-state index contributed by atoms with van der Waals surface area (Å²) < 4.78 is 0. The smallest absolute Gasteiger partial charge is 0.115 e. The van der Waals surface area contributed by atoms with Crippen LogP contribution in [0.5, 0.6) is 5.75 Å². The topological polar surface area (TPSA) is 44.3 Å². The van der Waals surface area contributed by atoms with Crippen LogP contribution in [0.3, 0.4) is 0 Å². The lowest BCUT2D eigenvalue weighted by molar-refractivity contribution is 0.475. The fraction of sp³-hybridized carbons (Fsp3) is 0.0769. The number of phenols is 1. The molecule has 0 amide bonds. The number of phenolic OH excluding ortho intramolecular Hbond substituents is 1. The summed E-state index contributed by atoms with van der Waals surface area (Å²) in [6.07, 6.45) is 2.15. The summed E-state index contributed by atoms with van der Waals surface area (Å²) in [6.45, 7) is 0. The van der Waals surface area contributed by atoms with E-state index in [1.54, 1.807) is 23.5 Å². The van der Waals surface area contributed by atoms with Gasteiger partial charge in [-0.05, 0) is 47.4 Å². The number of thiophene rings is 1. The van der Waals surface area contributed by atoms with E-state index in [4.69, 9.17) is 0 Å². The highest BCUT2D eigenvalue weighted by Gasteiger charge is 2.17. The van der Waals surface area contributed by atoms with Gasteiger partial charge in [0.15, 0.2) is 0 Å². The molecule has 0 saturated carbocycles. The molecule has 86 valence electrons. The first-order chi connectivity index (χ1) is 8.33. The van der Waals surface area contributed by atoms with Gasteiger partial charge in [0.25, 0.3) is 0 Å². The maximum absolute atomic E-state index is 9.25. The summed E-state index contributed by atoms with van der Waals surface area (Å²) in [7, 11) is 0. The summed E-state index contributed by atoms with van der Waals surface area (Å²) in [5.41, 5.74) is 8.50. The molecular weight excluding hydrogens is 232 g/mol. The van der Waals surface area contributed by atoms with E-state index < -0.39 is 0 Å². The van der Waals surface area contributed by atoms with Crippen molar-refractivity contribution in [2.45, 2.75) is 6.04 Å². The molecule has 1 aliphatic heterocycles. The zero-order valence-corrected chi connectivity index (χ0v) is 9.87. The van der Waals surface area contributed by atoms with Crippen LogP contribution in [0.25, 0.3) is 5.70 Å². The van der Waals surface area contributed by atoms with Gasteiger partial charge in [-0.15, -0.1) is 11.3 Å². The molecule has 1 atom stereocenters. The molecule has 1 aromatic carbocycles. The van der Waals surface area contributed by atoms with Gasteiger partial charge in [0.2, 0.25) is 0 Å². The van der Waals surface area contributed by atoms with Crippen molar-refractivity contribution < 1.29 is 5.11 Å². The maximum Gasteiger partial charge on any atom is 0.115 e. The molecule has 0 saturated heterocycles. The molecule has 2 heterocycles. The third kappa shape index (κ3) is 2.05. The number of nitrogens with one attached hydrogen (secondary N) is 2. The fourth-order valence-corrected chi connectivity index (χ4v) is 2.58. The molecule has 1 aliphatic rings. The van der Waals surface area contributed by atoms with Crippen LogP contribution in [-0.2, 0) is 0 Å². The average molecular weight is 244 g/mol. The Hall–Kier alpha value is -1.78. The molecular formula is C13H12N2OS. The van der Waals surface area contributed by atoms with Gasteiger partial charge in [-0.1, -0.05) is 6.07 Å². The van der Waals surface area contributed by atoms with Crippen LogP contribution < -0.4 is 10.9 Å². The molecule has 3 rings (SSSR count). The van der Waals surface area contributed by atoms with Crippen LogP contribution in [0.2, 0.25) is 0 Å². The van der Waals surface area contributed by atoms with Crippen molar-refractivity contribution in [3.05, 3.63) is 58.3 Å². The quantitative estimate of drug-likeness (QED) is 0.761. The second-order valence-corrected chi connectivity index (χ2v) is 4.87. The van der Waals surface area contributed by atoms with E-state index in [0.29, 0.717) is 0 Å². The largest absolute Gasteiger partial charge is 0.508 e. The Kier molecular flexibility index (Phi) is 2.59. The Labute approximate surface area is 103 Å². The fourth-order valence-electron chi connectivity index (χ4n) is 1.84. The first-order valence-electron chi connectivity index (χ1n) is 5.39. The first kappa shape index (κ1) is 10.4. The summed E-state index contributed by atoms with van der Waals surface area (Å²) in [4.78, 5) is 1.28. The third-order valence-corrected chi connectivity index (χ3v) is 3.68. The van der Waals surface area contributed by atoms with Crippen molar-refractivity contribution in [2.75, 3.05) is 0 Å². The number of rotatable bonds is 2. The van der Waals surface area contributed by atoms with Crippen LogP contribution in [-0.4, -0.2) is 5.11 Å². The van der Waals surface area contributed by atoms with Crippen molar-refractivity contribution in [1.29, 1.82) is 0 Å². The second kappa shape index (κ2) is 4.24. The lowest BCUT2D eigenvalue weighted by Crippen LogP contribution is -2.25. The normalized spacial score (nSPS) is 18.8. The van der Waals surface area contributed by atoms with Crippen molar-refractivity contribution in [2.24, 2.45) is 0 Å². The molecule has 0 radical (unpaired) electrons. The summed E-state index contributed by atoms with van der Waals surface area (Å²) in [5.74, 6) is 0.287. The average Bonchev–Trinajstić information content (AvgIpc) is 3.00. The zero-order valence-electron chi connectivity index (χ0n) is 9.05. The van der Waals surface area contributed by atoms with Crippen molar-refractivity contribution in [3.63, 3.8) is 0 Å². The van der Waals surface area contributed by atoms with E-state index >= 15 is 0 Å². The molecule has 0 bridgehead atoms. The van der Waals surface area contributed by atoms with Crippen LogP contribution >= 0.6 is 11.3 Å². The highest BCUT2D eigenvalue weighted by atomic mass is 32.1. The molecule has 1 unspecified atom stereocenters. The van der Waals surface area contributed by atoms with E-state index in [-0.39, 0.29) is 11.8 Å². The van der Waals surface area contributed by atoms with E-state index in [9.17, 15) is 5.11 Å². The number of hydrogen-bond acceptors (Lipinski definition) is 4. The molecule has 0 spiro atoms. The minimum atomic E-state index is 0.221. The van der Waals surface area contributed by atoms with Crippen LogP contribution in [0.4, 0.5) is 0 Å². The van der Waals surface area contributed by atoms with E-state index in [1.807, 2.05) is 18.2 Å². The molecule has 0 fully saturated rings. The highest BCUT2D eigenvalue weighted by Crippen LogP contribution is 2.27. The molecule has 4 heteroatoms. The van der Waals surface area contributed by atoms with Gasteiger partial charge in [-0.3, -0.25) is 0 Å². The molecule has 0 aliphatic carbocycles. The number of hydrogen-bond donors (Lipinski definition) is 3. The van der Waals surface area contributed by atoms with Gasteiger partial charge < -0.3 is 10.5 Å². The molecule has 3 N–H and O–H groups in total. The van der Waals surface area contributed by atoms with Gasteiger partial charge in [0.05, 0.1) is 11.7 Å². The van der Waals surface area contributed by atoms with Gasteiger partial charge in [0, 0.05) is 4.88 Å². The first-order valence-corrected chi connectivity index (χ1v) is 6.27. The third-order valence-electron chi connectivity index (χ3n) is 2.72. The van der Waals surface area contributed by atoms with E-state index in [2.05, 4.69) is 28.4 Å². The van der Waals surface area contributed by atoms with Crippen LogP contribution in [0.1, 0.15) is 16.5 Å². The molecule has 1 aromatic heterocycles. The van der Waals surface area contributed by atoms with E-state index in [1.165, 1.54) is 4.88 Å². The van der Waals surface area contributed by atoms with Gasteiger partial charge >= 0.3 is 0 Å². The Morgan fingerprint density at radius 2 is 1.94 bits per heavy atom.